The fraction of sp³-hybridized carbons (Fsp3) is 1.00. The van der Waals surface area contributed by atoms with Crippen LogP contribution in [0.4, 0.5) is 0 Å². The van der Waals surface area contributed by atoms with Crippen LogP contribution in [0.5, 0.6) is 0 Å². The Bertz CT molecular complexity index is 325. The van der Waals surface area contributed by atoms with Gasteiger partial charge in [-0.2, -0.15) is 0 Å². The van der Waals surface area contributed by atoms with Crippen LogP contribution in [0.2, 0.25) is 0 Å². The fourth-order valence-electron chi connectivity index (χ4n) is 3.84. The lowest BCUT2D eigenvalue weighted by Gasteiger charge is -2.26. The summed E-state index contributed by atoms with van der Waals surface area (Å²) in [5.74, 6) is 1.02. The Hall–Kier alpha value is -0.200. The van der Waals surface area contributed by atoms with E-state index in [0.29, 0.717) is 43.9 Å². The zero-order valence-electron chi connectivity index (χ0n) is 13.4. The van der Waals surface area contributed by atoms with E-state index in [9.17, 15) is 10.2 Å². The van der Waals surface area contributed by atoms with Crippen molar-refractivity contribution in [3.8, 4) is 0 Å². The number of hydrogen-bond acceptors (Lipinski definition) is 5. The van der Waals surface area contributed by atoms with E-state index in [1.165, 1.54) is 6.42 Å². The van der Waals surface area contributed by atoms with Crippen molar-refractivity contribution < 1.29 is 24.4 Å². The molecule has 3 aliphatic rings. The van der Waals surface area contributed by atoms with Gasteiger partial charge in [0.2, 0.25) is 0 Å². The van der Waals surface area contributed by atoms with E-state index in [1.54, 1.807) is 0 Å². The van der Waals surface area contributed by atoms with Gasteiger partial charge in [-0.1, -0.05) is 6.42 Å². The second-order valence-electron chi connectivity index (χ2n) is 7.31. The smallest absolute Gasteiger partial charge is 0.101 e. The van der Waals surface area contributed by atoms with Crippen molar-refractivity contribution in [2.75, 3.05) is 26.4 Å². The molecule has 5 nitrogen and oxygen atoms in total. The topological polar surface area (TPSA) is 71.5 Å². The highest BCUT2D eigenvalue weighted by molar-refractivity contribution is 4.91. The zero-order chi connectivity index (χ0) is 15.4. The monoisotopic (exact) mass is 314 g/mol. The van der Waals surface area contributed by atoms with Crippen LogP contribution in [-0.4, -0.2) is 61.1 Å². The maximum atomic E-state index is 9.90. The molecule has 2 saturated carbocycles. The molecule has 2 N–H and O–H groups in total. The summed E-state index contributed by atoms with van der Waals surface area (Å²) in [6.07, 6.45) is 7.71. The molecule has 0 aromatic carbocycles. The van der Waals surface area contributed by atoms with Gasteiger partial charge in [0.25, 0.3) is 0 Å². The summed E-state index contributed by atoms with van der Waals surface area (Å²) >= 11 is 0. The maximum absolute atomic E-state index is 9.90. The highest BCUT2D eigenvalue weighted by atomic mass is 16.6. The summed E-state index contributed by atoms with van der Waals surface area (Å²) in [7, 11) is 0. The lowest BCUT2D eigenvalue weighted by atomic mass is 9.88. The van der Waals surface area contributed by atoms with Crippen LogP contribution in [0, 0.1) is 11.8 Å². The van der Waals surface area contributed by atoms with Crippen LogP contribution < -0.4 is 0 Å². The van der Waals surface area contributed by atoms with Crippen LogP contribution in [0.15, 0.2) is 0 Å². The van der Waals surface area contributed by atoms with E-state index in [1.807, 2.05) is 0 Å². The molecule has 5 heteroatoms. The molecule has 128 valence electrons. The molecule has 0 spiro atoms. The van der Waals surface area contributed by atoms with Crippen molar-refractivity contribution >= 4 is 0 Å². The van der Waals surface area contributed by atoms with Gasteiger partial charge in [-0.15, -0.1) is 0 Å². The first-order valence-corrected chi connectivity index (χ1v) is 8.87. The molecule has 0 aromatic rings. The standard InChI is InChI=1S/C17H30O5/c18-14-3-1-2-12(6-14)8-20-10-15(19)11-21-9-13-4-5-16-17(7-13)22-16/h12-19H,1-11H2. The third-order valence-corrected chi connectivity index (χ3v) is 5.20. The van der Waals surface area contributed by atoms with Crippen molar-refractivity contribution in [1.82, 2.24) is 0 Å². The van der Waals surface area contributed by atoms with Gasteiger partial charge in [0.1, 0.15) is 6.10 Å². The highest BCUT2D eigenvalue weighted by Gasteiger charge is 2.43. The first kappa shape index (κ1) is 16.7. The molecular formula is C17H30O5. The van der Waals surface area contributed by atoms with Crippen LogP contribution in [-0.2, 0) is 14.2 Å². The number of hydrogen-bond donors (Lipinski definition) is 2. The number of fused-ring (bicyclic) bond motifs is 1. The number of rotatable bonds is 8. The van der Waals surface area contributed by atoms with Crippen molar-refractivity contribution in [2.24, 2.45) is 11.8 Å². The molecule has 22 heavy (non-hydrogen) atoms. The molecule has 3 fully saturated rings. The van der Waals surface area contributed by atoms with E-state index in [2.05, 4.69) is 0 Å². The lowest BCUT2D eigenvalue weighted by molar-refractivity contribution is -0.0405. The van der Waals surface area contributed by atoms with E-state index in [-0.39, 0.29) is 6.10 Å². The van der Waals surface area contributed by atoms with E-state index in [0.717, 1.165) is 45.1 Å². The van der Waals surface area contributed by atoms with Gasteiger partial charge in [-0.3, -0.25) is 0 Å². The molecule has 0 aromatic heterocycles. The number of ether oxygens (including phenoxy) is 3. The highest BCUT2D eigenvalue weighted by Crippen LogP contribution is 2.39. The minimum atomic E-state index is -0.554. The van der Waals surface area contributed by atoms with Gasteiger partial charge in [0.05, 0.1) is 31.5 Å². The van der Waals surface area contributed by atoms with Crippen LogP contribution in [0.1, 0.15) is 44.9 Å². The van der Waals surface area contributed by atoms with Gasteiger partial charge in [-0.05, 0) is 50.4 Å². The van der Waals surface area contributed by atoms with Gasteiger partial charge >= 0.3 is 0 Å². The Morgan fingerprint density at radius 2 is 1.64 bits per heavy atom. The summed E-state index contributed by atoms with van der Waals surface area (Å²) in [5.41, 5.74) is 0. The van der Waals surface area contributed by atoms with Gasteiger partial charge in [0.15, 0.2) is 0 Å². The van der Waals surface area contributed by atoms with Crippen LogP contribution in [0.3, 0.4) is 0 Å². The molecular weight excluding hydrogens is 284 g/mol. The first-order chi connectivity index (χ1) is 10.7. The van der Waals surface area contributed by atoms with Gasteiger partial charge in [-0.25, -0.2) is 0 Å². The molecule has 6 atom stereocenters. The minimum absolute atomic E-state index is 0.166. The summed E-state index contributed by atoms with van der Waals surface area (Å²) in [5, 5.41) is 19.5. The van der Waals surface area contributed by atoms with Crippen LogP contribution in [0.25, 0.3) is 0 Å². The summed E-state index contributed by atoms with van der Waals surface area (Å²) in [6.45, 7) is 2.03. The molecule has 1 heterocycles. The largest absolute Gasteiger partial charge is 0.393 e. The Morgan fingerprint density at radius 1 is 0.909 bits per heavy atom. The van der Waals surface area contributed by atoms with Crippen molar-refractivity contribution in [2.45, 2.75) is 69.4 Å². The van der Waals surface area contributed by atoms with E-state index in [4.69, 9.17) is 14.2 Å². The predicted octanol–water partition coefficient (Wildman–Crippen LogP) is 1.50. The molecule has 6 unspecified atom stereocenters. The van der Waals surface area contributed by atoms with Crippen molar-refractivity contribution in [3.63, 3.8) is 0 Å². The molecule has 1 aliphatic heterocycles. The second-order valence-corrected chi connectivity index (χ2v) is 7.31. The Labute approximate surface area is 132 Å². The Kier molecular flexibility index (Phi) is 6.10. The van der Waals surface area contributed by atoms with E-state index >= 15 is 0 Å². The molecule has 0 radical (unpaired) electrons. The van der Waals surface area contributed by atoms with Gasteiger partial charge < -0.3 is 24.4 Å². The normalized spacial score (nSPS) is 39.3. The maximum Gasteiger partial charge on any atom is 0.101 e. The molecule has 0 bridgehead atoms. The minimum Gasteiger partial charge on any atom is -0.393 e. The second kappa shape index (κ2) is 8.06. The molecule has 3 rings (SSSR count). The average molecular weight is 314 g/mol. The number of epoxide rings is 1. The third kappa shape index (κ3) is 5.17. The SMILES string of the molecule is OC(COCC1CCCC(O)C1)COCC1CCC2OC2C1. The summed E-state index contributed by atoms with van der Waals surface area (Å²) < 4.78 is 16.7. The van der Waals surface area contributed by atoms with Crippen molar-refractivity contribution in [3.05, 3.63) is 0 Å². The molecule has 1 saturated heterocycles. The van der Waals surface area contributed by atoms with Gasteiger partial charge in [0, 0.05) is 13.2 Å². The average Bonchev–Trinajstić information content (AvgIpc) is 3.26. The predicted molar refractivity (Wildman–Crippen MR) is 81.6 cm³/mol. The summed E-state index contributed by atoms with van der Waals surface area (Å²) in [4.78, 5) is 0. The van der Waals surface area contributed by atoms with Crippen LogP contribution >= 0.6 is 0 Å². The first-order valence-electron chi connectivity index (χ1n) is 8.87. The Morgan fingerprint density at radius 3 is 2.32 bits per heavy atom. The van der Waals surface area contributed by atoms with E-state index < -0.39 is 6.10 Å². The molecule has 0 amide bonds. The third-order valence-electron chi connectivity index (χ3n) is 5.20. The van der Waals surface area contributed by atoms with Crippen molar-refractivity contribution in [1.29, 1.82) is 0 Å². The quantitative estimate of drug-likeness (QED) is 0.664. The Balaban J connectivity index is 1.20. The zero-order valence-corrected chi connectivity index (χ0v) is 13.4. The summed E-state index contributed by atoms with van der Waals surface area (Å²) in [6, 6.07) is 0. The lowest BCUT2D eigenvalue weighted by Crippen LogP contribution is -2.28. The molecule has 2 aliphatic carbocycles. The fourth-order valence-corrected chi connectivity index (χ4v) is 3.84. The number of aliphatic hydroxyl groups excluding tert-OH is 2. The number of aliphatic hydroxyl groups is 2.